The van der Waals surface area contributed by atoms with E-state index >= 15 is 0 Å². The molecule has 1 aliphatic carbocycles. The number of alkyl carbamates (subject to hydrolysis) is 1. The second-order valence-corrected chi connectivity index (χ2v) is 9.76. The van der Waals surface area contributed by atoms with Gasteiger partial charge >= 0.3 is 18.0 Å². The molecule has 3 aromatic rings. The van der Waals surface area contributed by atoms with Crippen molar-refractivity contribution in [1.29, 1.82) is 0 Å². The van der Waals surface area contributed by atoms with Gasteiger partial charge in [-0.3, -0.25) is 0 Å². The summed E-state index contributed by atoms with van der Waals surface area (Å²) in [5.41, 5.74) is 4.50. The number of rotatable bonds is 7. The monoisotopic (exact) mass is 487 g/mol. The summed E-state index contributed by atoms with van der Waals surface area (Å²) in [6.07, 6.45) is -0.603. The smallest absolute Gasteiger partial charge is 0.407 e. The van der Waals surface area contributed by atoms with E-state index in [0.29, 0.717) is 5.56 Å². The number of hydrogen-bond donors (Lipinski definition) is 2. The largest absolute Gasteiger partial charge is 0.478 e. The molecule has 0 fully saturated rings. The van der Waals surface area contributed by atoms with Crippen molar-refractivity contribution in [2.24, 2.45) is 0 Å². The number of amides is 1. The van der Waals surface area contributed by atoms with Crippen LogP contribution in [0.2, 0.25) is 0 Å². The van der Waals surface area contributed by atoms with Gasteiger partial charge < -0.3 is 19.9 Å². The average Bonchev–Trinajstić information content (AvgIpc) is 3.15. The number of carboxylic acids is 1. The lowest BCUT2D eigenvalue weighted by molar-refractivity contribution is -0.157. The number of aromatic carboxylic acids is 1. The van der Waals surface area contributed by atoms with Gasteiger partial charge in [0.05, 0.1) is 5.56 Å². The number of carbonyl (C=O) groups excluding carboxylic acids is 2. The van der Waals surface area contributed by atoms with Gasteiger partial charge in [0, 0.05) is 12.3 Å². The number of nitrogens with one attached hydrogen (secondary N) is 1. The summed E-state index contributed by atoms with van der Waals surface area (Å²) in [5.74, 6) is -1.74. The van der Waals surface area contributed by atoms with Crippen molar-refractivity contribution >= 4 is 18.0 Å². The summed E-state index contributed by atoms with van der Waals surface area (Å²) in [5, 5.41) is 11.8. The number of carboxylic acid groups (broad SMARTS) is 1. The van der Waals surface area contributed by atoms with Gasteiger partial charge in [-0.15, -0.1) is 0 Å². The highest BCUT2D eigenvalue weighted by atomic mass is 16.6. The number of hydrogen-bond acceptors (Lipinski definition) is 5. The fraction of sp³-hybridized carbons (Fsp3) is 0.276. The Hall–Kier alpha value is -4.13. The van der Waals surface area contributed by atoms with E-state index < -0.39 is 29.7 Å². The number of ether oxygens (including phenoxy) is 2. The molecule has 0 bridgehead atoms. The highest BCUT2D eigenvalue weighted by molar-refractivity contribution is 5.87. The number of fused-ring (bicyclic) bond motifs is 3. The number of esters is 1. The molecule has 1 aliphatic rings. The Labute approximate surface area is 210 Å². The van der Waals surface area contributed by atoms with Crippen LogP contribution in [0.25, 0.3) is 11.1 Å². The van der Waals surface area contributed by atoms with E-state index in [4.69, 9.17) is 14.6 Å². The number of carbonyl (C=O) groups is 3. The van der Waals surface area contributed by atoms with Crippen molar-refractivity contribution in [3.63, 3.8) is 0 Å². The fourth-order valence-corrected chi connectivity index (χ4v) is 4.37. The standard InChI is InChI=1S/C29H29NO6/c1-29(2,3)36-27(33)25(16-18-12-14-19(15-13-18)26(31)32)30-28(34)35-17-24-22-10-6-4-8-20(22)21-9-5-7-11-23(21)24/h4-15,24-25H,16-17H2,1-3H3,(H,30,34)(H,31,32)/t25-/m0/s1. The van der Waals surface area contributed by atoms with Crippen LogP contribution in [0.15, 0.2) is 72.8 Å². The van der Waals surface area contributed by atoms with Crippen molar-refractivity contribution in [2.45, 2.75) is 44.8 Å². The summed E-state index contributed by atoms with van der Waals surface area (Å²) in [4.78, 5) is 36.8. The molecule has 186 valence electrons. The van der Waals surface area contributed by atoms with E-state index in [0.717, 1.165) is 22.3 Å². The summed E-state index contributed by atoms with van der Waals surface area (Å²) >= 11 is 0. The molecule has 7 heteroatoms. The normalized spacial score (nSPS) is 13.3. The molecule has 0 saturated heterocycles. The molecule has 4 rings (SSSR count). The second kappa shape index (κ2) is 10.2. The third-order valence-corrected chi connectivity index (χ3v) is 5.97. The molecule has 36 heavy (non-hydrogen) atoms. The first-order valence-electron chi connectivity index (χ1n) is 11.8. The van der Waals surface area contributed by atoms with Crippen molar-refractivity contribution in [3.05, 3.63) is 95.1 Å². The summed E-state index contributed by atoms with van der Waals surface area (Å²) < 4.78 is 11.1. The van der Waals surface area contributed by atoms with Gasteiger partial charge in [-0.1, -0.05) is 60.7 Å². The topological polar surface area (TPSA) is 102 Å². The van der Waals surface area contributed by atoms with Crippen LogP contribution >= 0.6 is 0 Å². The van der Waals surface area contributed by atoms with Crippen LogP contribution < -0.4 is 5.32 Å². The van der Waals surface area contributed by atoms with Crippen LogP contribution in [0.4, 0.5) is 4.79 Å². The quantitative estimate of drug-likeness (QED) is 0.446. The second-order valence-electron chi connectivity index (χ2n) is 9.76. The van der Waals surface area contributed by atoms with E-state index in [1.807, 2.05) is 36.4 Å². The first-order valence-corrected chi connectivity index (χ1v) is 11.8. The Morgan fingerprint density at radius 3 is 1.97 bits per heavy atom. The van der Waals surface area contributed by atoms with E-state index in [1.165, 1.54) is 12.1 Å². The maximum Gasteiger partial charge on any atom is 0.407 e. The van der Waals surface area contributed by atoms with Gasteiger partial charge in [-0.2, -0.15) is 0 Å². The van der Waals surface area contributed by atoms with Crippen molar-refractivity contribution in [3.8, 4) is 11.1 Å². The Morgan fingerprint density at radius 2 is 1.44 bits per heavy atom. The van der Waals surface area contributed by atoms with Crippen LogP contribution in [0, 0.1) is 0 Å². The molecule has 1 amide bonds. The molecule has 1 atom stereocenters. The van der Waals surface area contributed by atoms with Crippen LogP contribution in [0.1, 0.15) is 53.7 Å². The molecule has 0 saturated carbocycles. The lowest BCUT2D eigenvalue weighted by atomic mass is 9.98. The lowest BCUT2D eigenvalue weighted by Gasteiger charge is -2.25. The van der Waals surface area contributed by atoms with E-state index in [1.54, 1.807) is 32.9 Å². The van der Waals surface area contributed by atoms with Crippen LogP contribution in [-0.4, -0.2) is 41.4 Å². The molecular weight excluding hydrogens is 458 g/mol. The van der Waals surface area contributed by atoms with Gasteiger partial charge in [0.2, 0.25) is 0 Å². The maximum absolute atomic E-state index is 12.9. The Balaban J connectivity index is 1.47. The SMILES string of the molecule is CC(C)(C)OC(=O)[C@H](Cc1ccc(C(=O)O)cc1)NC(=O)OCC1c2ccccc2-c2ccccc21. The molecule has 0 heterocycles. The molecule has 0 radical (unpaired) electrons. The minimum absolute atomic E-state index is 0.105. The van der Waals surface area contributed by atoms with E-state index in [2.05, 4.69) is 17.4 Å². The highest BCUT2D eigenvalue weighted by Gasteiger charge is 2.31. The minimum atomic E-state index is -1.04. The zero-order chi connectivity index (χ0) is 25.9. The molecule has 0 unspecified atom stereocenters. The van der Waals surface area contributed by atoms with Gasteiger partial charge in [0.1, 0.15) is 18.2 Å². The van der Waals surface area contributed by atoms with Gasteiger partial charge in [0.15, 0.2) is 0 Å². The third-order valence-electron chi connectivity index (χ3n) is 5.97. The Morgan fingerprint density at radius 1 is 0.889 bits per heavy atom. The zero-order valence-electron chi connectivity index (χ0n) is 20.5. The molecule has 3 aromatic carbocycles. The van der Waals surface area contributed by atoms with Crippen molar-refractivity contribution in [2.75, 3.05) is 6.61 Å². The van der Waals surface area contributed by atoms with Crippen LogP contribution in [0.3, 0.4) is 0 Å². The first-order chi connectivity index (χ1) is 17.1. The summed E-state index contributed by atoms with van der Waals surface area (Å²) in [6.45, 7) is 5.36. The zero-order valence-corrected chi connectivity index (χ0v) is 20.5. The van der Waals surface area contributed by atoms with Gasteiger partial charge in [0.25, 0.3) is 0 Å². The predicted molar refractivity (Wildman–Crippen MR) is 135 cm³/mol. The molecule has 0 aromatic heterocycles. The molecule has 2 N–H and O–H groups in total. The predicted octanol–water partition coefficient (Wildman–Crippen LogP) is 5.18. The van der Waals surface area contributed by atoms with E-state index in [-0.39, 0.29) is 24.5 Å². The summed E-state index contributed by atoms with van der Waals surface area (Å²) in [6, 6.07) is 21.2. The summed E-state index contributed by atoms with van der Waals surface area (Å²) in [7, 11) is 0. The van der Waals surface area contributed by atoms with Gasteiger partial charge in [-0.05, 0) is 60.7 Å². The van der Waals surface area contributed by atoms with Crippen molar-refractivity contribution in [1.82, 2.24) is 5.32 Å². The molecule has 0 aliphatic heterocycles. The lowest BCUT2D eigenvalue weighted by Crippen LogP contribution is -2.46. The maximum atomic E-state index is 12.9. The molecule has 0 spiro atoms. The highest BCUT2D eigenvalue weighted by Crippen LogP contribution is 2.44. The third kappa shape index (κ3) is 5.74. The minimum Gasteiger partial charge on any atom is -0.478 e. The average molecular weight is 488 g/mol. The first kappa shape index (κ1) is 25.0. The molecule has 7 nitrogen and oxygen atoms in total. The van der Waals surface area contributed by atoms with Crippen molar-refractivity contribution < 1.29 is 29.0 Å². The Bertz CT molecular complexity index is 1230. The Kier molecular flexibility index (Phi) is 7.10. The number of benzene rings is 3. The van der Waals surface area contributed by atoms with E-state index in [9.17, 15) is 14.4 Å². The van der Waals surface area contributed by atoms with Crippen LogP contribution in [0.5, 0.6) is 0 Å². The fourth-order valence-electron chi connectivity index (χ4n) is 4.37. The van der Waals surface area contributed by atoms with Gasteiger partial charge in [-0.25, -0.2) is 14.4 Å². The van der Waals surface area contributed by atoms with Crippen LogP contribution in [-0.2, 0) is 20.7 Å². The molecular formula is C29H29NO6.